The summed E-state index contributed by atoms with van der Waals surface area (Å²) < 4.78 is 22.0. The van der Waals surface area contributed by atoms with E-state index in [9.17, 15) is 19.1 Å². The van der Waals surface area contributed by atoms with E-state index >= 15 is 0 Å². The van der Waals surface area contributed by atoms with Crippen LogP contribution < -0.4 is 10.0 Å². The number of amides is 1. The van der Waals surface area contributed by atoms with E-state index in [0.717, 1.165) is 13.1 Å². The number of likely N-dealkylation sites (tertiary alicyclic amines) is 1. The average molecular weight is 464 g/mol. The fraction of sp³-hybridized carbons (Fsp3) is 0.320. The maximum absolute atomic E-state index is 15.0. The number of morpholine rings is 1. The molecule has 9 heteroatoms. The van der Waals surface area contributed by atoms with E-state index in [0.29, 0.717) is 31.1 Å². The van der Waals surface area contributed by atoms with E-state index < -0.39 is 29.3 Å². The van der Waals surface area contributed by atoms with Crippen LogP contribution in [0.5, 0.6) is 0 Å². The van der Waals surface area contributed by atoms with Crippen molar-refractivity contribution in [3.05, 3.63) is 77.0 Å². The molecule has 4 heterocycles. The van der Waals surface area contributed by atoms with E-state index in [1.807, 2.05) is 0 Å². The van der Waals surface area contributed by atoms with Gasteiger partial charge in [0.05, 0.1) is 43.7 Å². The number of rotatable bonds is 5. The van der Waals surface area contributed by atoms with Crippen molar-refractivity contribution in [3.8, 4) is 0 Å². The number of halogens is 1. The molecular weight excluding hydrogens is 439 g/mol. The van der Waals surface area contributed by atoms with Crippen LogP contribution in [-0.4, -0.2) is 65.4 Å². The SMILES string of the molecule is Cc1nc2ccccn2c1/C([O-])=C1\C(=O)C(=O)N(CC[NH+]2CCOCC2)C1c1ccccc1F. The molecule has 176 valence electrons. The third kappa shape index (κ3) is 3.76. The van der Waals surface area contributed by atoms with Gasteiger partial charge < -0.3 is 24.0 Å². The molecule has 0 bridgehead atoms. The van der Waals surface area contributed by atoms with Gasteiger partial charge in [0.1, 0.15) is 24.6 Å². The number of aryl methyl sites for hydroxylation is 1. The van der Waals surface area contributed by atoms with Crippen LogP contribution in [0.15, 0.2) is 54.2 Å². The number of benzene rings is 1. The predicted octanol–water partition coefficient (Wildman–Crippen LogP) is -0.0791. The maximum Gasteiger partial charge on any atom is 0.295 e. The van der Waals surface area contributed by atoms with Gasteiger partial charge in [-0.15, -0.1) is 0 Å². The van der Waals surface area contributed by atoms with Crippen LogP contribution in [0, 0.1) is 12.7 Å². The highest BCUT2D eigenvalue weighted by molar-refractivity contribution is 6.46. The molecule has 2 aliphatic rings. The number of ether oxygens (including phenoxy) is 1. The lowest BCUT2D eigenvalue weighted by Gasteiger charge is -2.30. The number of pyridine rings is 1. The Morgan fingerprint density at radius 2 is 1.91 bits per heavy atom. The molecule has 0 saturated carbocycles. The summed E-state index contributed by atoms with van der Waals surface area (Å²) in [6.07, 6.45) is 1.68. The minimum atomic E-state index is -1.09. The fourth-order valence-corrected chi connectivity index (χ4v) is 4.82. The highest BCUT2D eigenvalue weighted by Crippen LogP contribution is 2.39. The molecule has 0 spiro atoms. The third-order valence-electron chi connectivity index (χ3n) is 6.55. The van der Waals surface area contributed by atoms with Crippen LogP contribution in [0.25, 0.3) is 11.4 Å². The van der Waals surface area contributed by atoms with Crippen LogP contribution in [0.3, 0.4) is 0 Å². The summed E-state index contributed by atoms with van der Waals surface area (Å²) in [5, 5.41) is 13.8. The normalized spacial score (nSPS) is 21.0. The Kier molecular flexibility index (Phi) is 5.89. The van der Waals surface area contributed by atoms with E-state index in [-0.39, 0.29) is 23.4 Å². The number of hydrogen-bond acceptors (Lipinski definition) is 5. The molecule has 2 aliphatic heterocycles. The zero-order chi connectivity index (χ0) is 23.8. The Morgan fingerprint density at radius 3 is 2.68 bits per heavy atom. The van der Waals surface area contributed by atoms with Crippen LogP contribution in [0.1, 0.15) is 23.0 Å². The summed E-state index contributed by atoms with van der Waals surface area (Å²) in [6.45, 7) is 5.31. The second kappa shape index (κ2) is 9.00. The van der Waals surface area contributed by atoms with Gasteiger partial charge in [0.2, 0.25) is 5.78 Å². The summed E-state index contributed by atoms with van der Waals surface area (Å²) in [6, 6.07) is 10.2. The zero-order valence-electron chi connectivity index (χ0n) is 18.8. The predicted molar refractivity (Wildman–Crippen MR) is 119 cm³/mol. The molecule has 1 unspecified atom stereocenters. The average Bonchev–Trinajstić information content (AvgIpc) is 3.31. The molecular formula is C25H25FN4O4. The summed E-state index contributed by atoms with van der Waals surface area (Å²) in [4.78, 5) is 33.3. The first-order valence-corrected chi connectivity index (χ1v) is 11.3. The lowest BCUT2D eigenvalue weighted by Crippen LogP contribution is -3.14. The molecule has 1 N–H and O–H groups in total. The molecule has 1 amide bonds. The van der Waals surface area contributed by atoms with E-state index in [1.54, 1.807) is 41.8 Å². The summed E-state index contributed by atoms with van der Waals surface area (Å²) >= 11 is 0. The van der Waals surface area contributed by atoms with Gasteiger partial charge >= 0.3 is 0 Å². The number of carbonyl (C=O) groups is 2. The second-order valence-corrected chi connectivity index (χ2v) is 8.58. The number of aromatic nitrogens is 2. The Bertz CT molecular complexity index is 1300. The number of ketones is 1. The van der Waals surface area contributed by atoms with Crippen molar-refractivity contribution in [3.63, 3.8) is 0 Å². The Morgan fingerprint density at radius 1 is 1.18 bits per heavy atom. The Balaban J connectivity index is 1.62. The summed E-state index contributed by atoms with van der Waals surface area (Å²) in [5.41, 5.74) is 1.09. The van der Waals surface area contributed by atoms with Gasteiger partial charge in [0.25, 0.3) is 5.91 Å². The molecule has 0 radical (unpaired) electrons. The van der Waals surface area contributed by atoms with Crippen LogP contribution in [0.2, 0.25) is 0 Å². The van der Waals surface area contributed by atoms with Crippen LogP contribution >= 0.6 is 0 Å². The largest absolute Gasteiger partial charge is 0.871 e. The first kappa shape index (κ1) is 22.2. The molecule has 2 fully saturated rings. The van der Waals surface area contributed by atoms with Crippen molar-refractivity contribution < 1.29 is 28.7 Å². The molecule has 5 rings (SSSR count). The van der Waals surface area contributed by atoms with Crippen molar-refractivity contribution in [2.45, 2.75) is 13.0 Å². The molecule has 1 aromatic carbocycles. The topological polar surface area (TPSA) is 91.4 Å². The Hall–Kier alpha value is -3.56. The Labute approximate surface area is 195 Å². The molecule has 1 atom stereocenters. The minimum absolute atomic E-state index is 0.133. The van der Waals surface area contributed by atoms with E-state index in [1.165, 1.54) is 28.0 Å². The van der Waals surface area contributed by atoms with Crippen molar-refractivity contribution in [1.29, 1.82) is 0 Å². The quantitative estimate of drug-likeness (QED) is 0.324. The molecule has 3 aromatic rings. The molecule has 0 aliphatic carbocycles. The number of Topliss-reactive ketones (excluding diaryl/α,β-unsaturated/α-hetero) is 1. The molecule has 34 heavy (non-hydrogen) atoms. The lowest BCUT2D eigenvalue weighted by molar-refractivity contribution is -0.907. The number of fused-ring (bicyclic) bond motifs is 1. The fourth-order valence-electron chi connectivity index (χ4n) is 4.82. The molecule has 8 nitrogen and oxygen atoms in total. The number of carbonyl (C=O) groups excluding carboxylic acids is 2. The van der Waals surface area contributed by atoms with Crippen LogP contribution in [-0.2, 0) is 14.3 Å². The summed E-state index contributed by atoms with van der Waals surface area (Å²) in [5.74, 6) is -2.85. The van der Waals surface area contributed by atoms with Crippen LogP contribution in [0.4, 0.5) is 4.39 Å². The van der Waals surface area contributed by atoms with Crippen molar-refractivity contribution >= 4 is 23.1 Å². The van der Waals surface area contributed by atoms with Gasteiger partial charge in [-0.05, 0) is 25.1 Å². The van der Waals surface area contributed by atoms with Gasteiger partial charge in [-0.25, -0.2) is 9.37 Å². The summed E-state index contributed by atoms with van der Waals surface area (Å²) in [7, 11) is 0. The third-order valence-corrected chi connectivity index (χ3v) is 6.55. The monoisotopic (exact) mass is 464 g/mol. The number of hydrogen-bond donors (Lipinski definition) is 1. The molecule has 2 saturated heterocycles. The zero-order valence-corrected chi connectivity index (χ0v) is 18.8. The number of nitrogens with zero attached hydrogens (tertiary/aromatic N) is 3. The minimum Gasteiger partial charge on any atom is -0.871 e. The van der Waals surface area contributed by atoms with Crippen molar-refractivity contribution in [2.24, 2.45) is 0 Å². The lowest BCUT2D eigenvalue weighted by atomic mass is 9.96. The standard InChI is InChI=1S/C25H25FN4O4/c1-16-21(29-9-5-4-8-19(29)27-16)23(31)20-22(17-6-2-3-7-18(17)26)30(25(33)24(20)32)11-10-28-12-14-34-15-13-28/h2-9,22,31H,10-15H2,1H3/b23-20+. The van der Waals surface area contributed by atoms with Gasteiger partial charge in [-0.3, -0.25) is 9.59 Å². The van der Waals surface area contributed by atoms with E-state index in [2.05, 4.69) is 4.98 Å². The second-order valence-electron chi connectivity index (χ2n) is 8.58. The van der Waals surface area contributed by atoms with Gasteiger partial charge in [-0.2, -0.15) is 0 Å². The number of quaternary nitrogens is 1. The maximum atomic E-state index is 15.0. The number of nitrogens with one attached hydrogen (secondary N) is 1. The number of imidazole rings is 1. The van der Waals surface area contributed by atoms with Gasteiger partial charge in [0, 0.05) is 17.3 Å². The van der Waals surface area contributed by atoms with Gasteiger partial charge in [-0.1, -0.05) is 30.0 Å². The first-order chi connectivity index (χ1) is 16.5. The smallest absolute Gasteiger partial charge is 0.295 e. The van der Waals surface area contributed by atoms with Crippen molar-refractivity contribution in [1.82, 2.24) is 14.3 Å². The first-order valence-electron chi connectivity index (χ1n) is 11.3. The molecule has 2 aromatic heterocycles. The highest BCUT2D eigenvalue weighted by Gasteiger charge is 2.45. The van der Waals surface area contributed by atoms with Gasteiger partial charge in [0.15, 0.2) is 0 Å². The van der Waals surface area contributed by atoms with E-state index in [4.69, 9.17) is 4.74 Å². The highest BCUT2D eigenvalue weighted by atomic mass is 19.1. The van der Waals surface area contributed by atoms with Crippen molar-refractivity contribution in [2.75, 3.05) is 39.4 Å².